The first-order chi connectivity index (χ1) is 14.8. The first kappa shape index (κ1) is 21.6. The first-order valence-electron chi connectivity index (χ1n) is 9.58. The SMILES string of the molecule is Cc1cccc(OCC(=O)Nc2ccccc2C(=O)Nc2cccc(C(=O)O)c2C)c1. The van der Waals surface area contributed by atoms with Crippen LogP contribution in [-0.4, -0.2) is 29.5 Å². The lowest BCUT2D eigenvalue weighted by Crippen LogP contribution is -2.23. The van der Waals surface area contributed by atoms with Gasteiger partial charge in [-0.05, 0) is 61.4 Å². The van der Waals surface area contributed by atoms with E-state index in [2.05, 4.69) is 10.6 Å². The van der Waals surface area contributed by atoms with Crippen LogP contribution in [0.2, 0.25) is 0 Å². The average Bonchev–Trinajstić information content (AvgIpc) is 2.74. The van der Waals surface area contributed by atoms with Gasteiger partial charge >= 0.3 is 5.97 Å². The molecule has 0 aliphatic rings. The van der Waals surface area contributed by atoms with Crippen LogP contribution in [0.5, 0.6) is 5.75 Å². The highest BCUT2D eigenvalue weighted by Crippen LogP contribution is 2.22. The van der Waals surface area contributed by atoms with E-state index in [0.29, 0.717) is 22.7 Å². The Labute approximate surface area is 179 Å². The second-order valence-electron chi connectivity index (χ2n) is 6.94. The highest BCUT2D eigenvalue weighted by molar-refractivity contribution is 6.10. The Kier molecular flexibility index (Phi) is 6.67. The van der Waals surface area contributed by atoms with E-state index >= 15 is 0 Å². The topological polar surface area (TPSA) is 105 Å². The Hall–Kier alpha value is -4.13. The standard InChI is InChI=1S/C24H22N2O5/c1-15-7-5-8-17(13-15)31-14-22(27)25-21-11-4-3-9-19(21)23(28)26-20-12-6-10-18(16(20)2)24(29)30/h3-13H,14H2,1-2H3,(H,25,27)(H,26,28)(H,29,30). The van der Waals surface area contributed by atoms with Crippen molar-refractivity contribution in [2.45, 2.75) is 13.8 Å². The van der Waals surface area contributed by atoms with E-state index in [-0.39, 0.29) is 17.7 Å². The van der Waals surface area contributed by atoms with Gasteiger partial charge in [0.15, 0.2) is 6.61 Å². The summed E-state index contributed by atoms with van der Waals surface area (Å²) in [7, 11) is 0. The number of carboxylic acids is 1. The Bertz CT molecular complexity index is 1140. The van der Waals surface area contributed by atoms with Crippen LogP contribution in [0, 0.1) is 13.8 Å². The van der Waals surface area contributed by atoms with Crippen molar-refractivity contribution in [3.63, 3.8) is 0 Å². The maximum atomic E-state index is 12.8. The summed E-state index contributed by atoms with van der Waals surface area (Å²) in [5.41, 5.74) is 2.51. The normalized spacial score (nSPS) is 10.3. The number of amides is 2. The molecule has 0 aliphatic carbocycles. The molecule has 0 saturated heterocycles. The first-order valence-corrected chi connectivity index (χ1v) is 9.58. The summed E-state index contributed by atoms with van der Waals surface area (Å²) in [5, 5.41) is 14.7. The average molecular weight is 418 g/mol. The molecule has 3 aromatic carbocycles. The number of para-hydroxylation sites is 1. The molecule has 7 heteroatoms. The van der Waals surface area contributed by atoms with Crippen LogP contribution in [0.1, 0.15) is 31.8 Å². The summed E-state index contributed by atoms with van der Waals surface area (Å²) in [6, 6.07) is 18.5. The van der Waals surface area contributed by atoms with E-state index in [1.807, 2.05) is 25.1 Å². The molecular formula is C24H22N2O5. The minimum atomic E-state index is -1.07. The van der Waals surface area contributed by atoms with Crippen LogP contribution < -0.4 is 15.4 Å². The minimum absolute atomic E-state index is 0.104. The molecule has 0 bridgehead atoms. The van der Waals surface area contributed by atoms with Crippen molar-refractivity contribution in [2.75, 3.05) is 17.2 Å². The maximum Gasteiger partial charge on any atom is 0.336 e. The number of aryl methyl sites for hydroxylation is 1. The molecule has 0 aromatic heterocycles. The number of benzene rings is 3. The monoisotopic (exact) mass is 418 g/mol. The Morgan fingerprint density at radius 2 is 1.52 bits per heavy atom. The van der Waals surface area contributed by atoms with Crippen molar-refractivity contribution >= 4 is 29.2 Å². The molecule has 3 rings (SSSR count). The van der Waals surface area contributed by atoms with Crippen molar-refractivity contribution < 1.29 is 24.2 Å². The van der Waals surface area contributed by atoms with Gasteiger partial charge in [-0.2, -0.15) is 0 Å². The zero-order valence-corrected chi connectivity index (χ0v) is 17.1. The molecule has 3 aromatic rings. The summed E-state index contributed by atoms with van der Waals surface area (Å²) in [6.45, 7) is 3.34. The Morgan fingerprint density at radius 1 is 0.839 bits per heavy atom. The fourth-order valence-electron chi connectivity index (χ4n) is 3.02. The molecule has 2 amide bonds. The van der Waals surface area contributed by atoms with Crippen LogP contribution in [-0.2, 0) is 4.79 Å². The van der Waals surface area contributed by atoms with Gasteiger partial charge in [-0.1, -0.05) is 30.3 Å². The molecule has 0 unspecified atom stereocenters. The zero-order chi connectivity index (χ0) is 22.4. The van der Waals surface area contributed by atoms with Gasteiger partial charge < -0.3 is 20.5 Å². The number of rotatable bonds is 7. The highest BCUT2D eigenvalue weighted by atomic mass is 16.5. The number of ether oxygens (including phenoxy) is 1. The lowest BCUT2D eigenvalue weighted by Gasteiger charge is -2.14. The van der Waals surface area contributed by atoms with Crippen molar-refractivity contribution in [2.24, 2.45) is 0 Å². The number of hydrogen-bond acceptors (Lipinski definition) is 4. The molecule has 31 heavy (non-hydrogen) atoms. The molecule has 0 radical (unpaired) electrons. The quantitative estimate of drug-likeness (QED) is 0.531. The summed E-state index contributed by atoms with van der Waals surface area (Å²) in [5.74, 6) is -1.38. The smallest absolute Gasteiger partial charge is 0.336 e. The highest BCUT2D eigenvalue weighted by Gasteiger charge is 2.16. The summed E-state index contributed by atoms with van der Waals surface area (Å²) < 4.78 is 5.50. The second kappa shape index (κ2) is 9.58. The van der Waals surface area contributed by atoms with Crippen LogP contribution in [0.15, 0.2) is 66.7 Å². The van der Waals surface area contributed by atoms with E-state index < -0.39 is 17.8 Å². The number of hydrogen-bond donors (Lipinski definition) is 3. The molecule has 7 nitrogen and oxygen atoms in total. The number of anilines is 2. The van der Waals surface area contributed by atoms with E-state index in [1.54, 1.807) is 49.4 Å². The van der Waals surface area contributed by atoms with Gasteiger partial charge in [-0.15, -0.1) is 0 Å². The van der Waals surface area contributed by atoms with Crippen molar-refractivity contribution in [3.05, 3.63) is 89.0 Å². The molecule has 0 saturated carbocycles. The van der Waals surface area contributed by atoms with Crippen LogP contribution in [0.4, 0.5) is 11.4 Å². The van der Waals surface area contributed by atoms with Gasteiger partial charge in [-0.3, -0.25) is 9.59 Å². The zero-order valence-electron chi connectivity index (χ0n) is 17.1. The molecule has 0 spiro atoms. The van der Waals surface area contributed by atoms with Crippen LogP contribution >= 0.6 is 0 Å². The lowest BCUT2D eigenvalue weighted by molar-refractivity contribution is -0.118. The van der Waals surface area contributed by atoms with Gasteiger partial charge in [0.1, 0.15) is 5.75 Å². The Balaban J connectivity index is 1.71. The largest absolute Gasteiger partial charge is 0.484 e. The number of carbonyl (C=O) groups excluding carboxylic acids is 2. The number of nitrogens with one attached hydrogen (secondary N) is 2. The van der Waals surface area contributed by atoms with Crippen LogP contribution in [0.25, 0.3) is 0 Å². The predicted molar refractivity (Wildman–Crippen MR) is 118 cm³/mol. The number of carbonyl (C=O) groups is 3. The third kappa shape index (κ3) is 5.48. The second-order valence-corrected chi connectivity index (χ2v) is 6.94. The fraction of sp³-hybridized carbons (Fsp3) is 0.125. The number of carboxylic acid groups (broad SMARTS) is 1. The van der Waals surface area contributed by atoms with Gasteiger partial charge in [0.25, 0.3) is 11.8 Å². The maximum absolute atomic E-state index is 12.8. The molecule has 158 valence electrons. The molecular weight excluding hydrogens is 396 g/mol. The number of aromatic carboxylic acids is 1. The fourth-order valence-corrected chi connectivity index (χ4v) is 3.02. The van der Waals surface area contributed by atoms with E-state index in [0.717, 1.165) is 5.56 Å². The van der Waals surface area contributed by atoms with Crippen molar-refractivity contribution in [1.82, 2.24) is 0 Å². The predicted octanol–water partition coefficient (Wildman–Crippen LogP) is 4.27. The van der Waals surface area contributed by atoms with Gasteiger partial charge in [0.05, 0.1) is 16.8 Å². The van der Waals surface area contributed by atoms with E-state index in [4.69, 9.17) is 4.74 Å². The van der Waals surface area contributed by atoms with E-state index in [1.165, 1.54) is 6.07 Å². The minimum Gasteiger partial charge on any atom is -0.484 e. The summed E-state index contributed by atoms with van der Waals surface area (Å²) in [4.78, 5) is 36.5. The lowest BCUT2D eigenvalue weighted by atomic mass is 10.1. The van der Waals surface area contributed by atoms with Gasteiger partial charge in [-0.25, -0.2) is 4.79 Å². The third-order valence-corrected chi connectivity index (χ3v) is 4.62. The molecule has 0 fully saturated rings. The Morgan fingerprint density at radius 3 is 2.26 bits per heavy atom. The molecule has 3 N–H and O–H groups in total. The molecule has 0 aliphatic heterocycles. The van der Waals surface area contributed by atoms with Gasteiger partial charge in [0.2, 0.25) is 0 Å². The molecule has 0 atom stereocenters. The van der Waals surface area contributed by atoms with Crippen molar-refractivity contribution in [3.8, 4) is 5.75 Å². The molecule has 0 heterocycles. The van der Waals surface area contributed by atoms with Gasteiger partial charge in [0, 0.05) is 5.69 Å². The van der Waals surface area contributed by atoms with Crippen LogP contribution in [0.3, 0.4) is 0 Å². The summed E-state index contributed by atoms with van der Waals surface area (Å²) >= 11 is 0. The van der Waals surface area contributed by atoms with Crippen molar-refractivity contribution in [1.29, 1.82) is 0 Å². The van der Waals surface area contributed by atoms with E-state index in [9.17, 15) is 19.5 Å². The third-order valence-electron chi connectivity index (χ3n) is 4.62. The summed E-state index contributed by atoms with van der Waals surface area (Å²) in [6.07, 6.45) is 0.